The number of hydrogen-bond donors (Lipinski definition) is 0. The molecule has 1 aromatic rings. The van der Waals surface area contributed by atoms with Crippen LogP contribution in [0.25, 0.3) is 0 Å². The molecule has 0 aliphatic carbocycles. The molecule has 0 spiro atoms. The van der Waals surface area contributed by atoms with Crippen molar-refractivity contribution < 1.29 is 0 Å². The summed E-state index contributed by atoms with van der Waals surface area (Å²) in [6.07, 6.45) is 2.42. The number of anilines is 1. The molecule has 0 saturated heterocycles. The maximum atomic E-state index is 5.77. The van der Waals surface area contributed by atoms with Gasteiger partial charge in [-0.3, -0.25) is 0 Å². The quantitative estimate of drug-likeness (QED) is 0.700. The minimum Gasteiger partial charge on any atom is -0.347 e. The number of alkyl halides is 1. The summed E-state index contributed by atoms with van der Waals surface area (Å²) >= 11 is 7.47. The molecule has 1 heterocycles. The molecule has 0 bridgehead atoms. The van der Waals surface area contributed by atoms with Crippen LogP contribution in [0, 0.1) is 6.92 Å². The lowest BCUT2D eigenvalue weighted by molar-refractivity contribution is 0.731. The van der Waals surface area contributed by atoms with E-state index in [1.165, 1.54) is 12.8 Å². The van der Waals surface area contributed by atoms with Crippen LogP contribution in [0.3, 0.4) is 0 Å². The van der Waals surface area contributed by atoms with E-state index in [4.69, 9.17) is 11.6 Å². The van der Waals surface area contributed by atoms with E-state index in [1.807, 2.05) is 6.92 Å². The van der Waals surface area contributed by atoms with Crippen LogP contribution in [-0.2, 0) is 0 Å². The molecule has 0 radical (unpaired) electrons. The topological polar surface area (TPSA) is 16.1 Å². The molecule has 1 rings (SSSR count). The largest absolute Gasteiger partial charge is 0.347 e. The van der Waals surface area contributed by atoms with Crippen molar-refractivity contribution in [1.29, 1.82) is 0 Å². The first-order valence-electron chi connectivity index (χ1n) is 5.01. The summed E-state index contributed by atoms with van der Waals surface area (Å²) in [4.78, 5) is 6.74. The molecule has 0 saturated carbocycles. The Hall–Kier alpha value is -0.280. The van der Waals surface area contributed by atoms with Gasteiger partial charge in [0.1, 0.15) is 0 Å². The zero-order valence-electron chi connectivity index (χ0n) is 8.79. The molecule has 1 aromatic heterocycles. The minimum absolute atomic E-state index is 0.669. The highest BCUT2D eigenvalue weighted by Gasteiger charge is 2.08. The standard InChI is InChI=1S/C10H17ClN2S/c1-3-4-6-13(7-5-11)10-12-9(2)8-14-10/h8H,3-7H2,1-2H3. The van der Waals surface area contributed by atoms with Gasteiger partial charge in [-0.2, -0.15) is 0 Å². The fourth-order valence-corrected chi connectivity index (χ4v) is 2.30. The van der Waals surface area contributed by atoms with Crippen LogP contribution in [0.5, 0.6) is 0 Å². The summed E-state index contributed by atoms with van der Waals surface area (Å²) < 4.78 is 0. The zero-order valence-corrected chi connectivity index (χ0v) is 10.4. The van der Waals surface area contributed by atoms with Gasteiger partial charge in [-0.25, -0.2) is 4.98 Å². The van der Waals surface area contributed by atoms with E-state index >= 15 is 0 Å². The van der Waals surface area contributed by atoms with Gasteiger partial charge >= 0.3 is 0 Å². The van der Waals surface area contributed by atoms with Crippen molar-refractivity contribution in [3.63, 3.8) is 0 Å². The minimum atomic E-state index is 0.669. The maximum Gasteiger partial charge on any atom is 0.185 e. The van der Waals surface area contributed by atoms with E-state index in [1.54, 1.807) is 11.3 Å². The number of hydrogen-bond acceptors (Lipinski definition) is 3. The van der Waals surface area contributed by atoms with Gasteiger partial charge in [0.05, 0.1) is 5.69 Å². The van der Waals surface area contributed by atoms with Crippen LogP contribution in [0.4, 0.5) is 5.13 Å². The lowest BCUT2D eigenvalue weighted by Crippen LogP contribution is -2.26. The van der Waals surface area contributed by atoms with E-state index in [-0.39, 0.29) is 0 Å². The van der Waals surface area contributed by atoms with Crippen LogP contribution >= 0.6 is 22.9 Å². The van der Waals surface area contributed by atoms with Crippen LogP contribution in [0.15, 0.2) is 5.38 Å². The van der Waals surface area contributed by atoms with Crippen LogP contribution in [-0.4, -0.2) is 24.0 Å². The predicted molar refractivity (Wildman–Crippen MR) is 64.7 cm³/mol. The van der Waals surface area contributed by atoms with Gasteiger partial charge in [-0.15, -0.1) is 22.9 Å². The summed E-state index contributed by atoms with van der Waals surface area (Å²) in [5, 5.41) is 3.19. The number of rotatable bonds is 6. The average molecular weight is 233 g/mol. The molecule has 0 atom stereocenters. The predicted octanol–water partition coefficient (Wildman–Crippen LogP) is 3.30. The molecule has 0 unspecified atom stereocenters. The monoisotopic (exact) mass is 232 g/mol. The summed E-state index contributed by atoms with van der Waals surface area (Å²) in [6, 6.07) is 0. The molecule has 14 heavy (non-hydrogen) atoms. The van der Waals surface area contributed by atoms with Crippen LogP contribution in [0.1, 0.15) is 25.5 Å². The van der Waals surface area contributed by atoms with E-state index < -0.39 is 0 Å². The Morgan fingerprint density at radius 1 is 1.50 bits per heavy atom. The smallest absolute Gasteiger partial charge is 0.185 e. The van der Waals surface area contributed by atoms with Gasteiger partial charge in [0.15, 0.2) is 5.13 Å². The molecular weight excluding hydrogens is 216 g/mol. The third kappa shape index (κ3) is 3.46. The van der Waals surface area contributed by atoms with Crippen molar-refractivity contribution in [3.8, 4) is 0 Å². The highest BCUT2D eigenvalue weighted by Crippen LogP contribution is 2.20. The third-order valence-corrected chi connectivity index (χ3v) is 3.20. The second kappa shape index (κ2) is 6.25. The van der Waals surface area contributed by atoms with Crippen molar-refractivity contribution in [1.82, 2.24) is 4.98 Å². The number of nitrogens with zero attached hydrogens (tertiary/aromatic N) is 2. The second-order valence-corrected chi connectivity index (χ2v) is 4.52. The highest BCUT2D eigenvalue weighted by molar-refractivity contribution is 7.13. The van der Waals surface area contributed by atoms with Gasteiger partial charge in [0.25, 0.3) is 0 Å². The zero-order chi connectivity index (χ0) is 10.4. The van der Waals surface area contributed by atoms with Crippen molar-refractivity contribution in [2.24, 2.45) is 0 Å². The van der Waals surface area contributed by atoms with Gasteiger partial charge in [-0.1, -0.05) is 13.3 Å². The van der Waals surface area contributed by atoms with Crippen molar-refractivity contribution in [3.05, 3.63) is 11.1 Å². The fourth-order valence-electron chi connectivity index (χ4n) is 1.24. The number of halogens is 1. The summed E-state index contributed by atoms with van der Waals surface area (Å²) in [5.41, 5.74) is 1.10. The lowest BCUT2D eigenvalue weighted by Gasteiger charge is -2.20. The first kappa shape index (κ1) is 11.8. The fraction of sp³-hybridized carbons (Fsp3) is 0.700. The number of thiazole rings is 1. The molecule has 80 valence electrons. The summed E-state index contributed by atoms with van der Waals surface area (Å²) in [5.74, 6) is 0.669. The van der Waals surface area contributed by atoms with Gasteiger partial charge in [0, 0.05) is 24.3 Å². The van der Waals surface area contributed by atoms with E-state index in [2.05, 4.69) is 22.2 Å². The summed E-state index contributed by atoms with van der Waals surface area (Å²) in [7, 11) is 0. The third-order valence-electron chi connectivity index (χ3n) is 2.01. The molecule has 0 aliphatic heterocycles. The number of aryl methyl sites for hydroxylation is 1. The molecule has 0 aromatic carbocycles. The Bertz CT molecular complexity index is 262. The van der Waals surface area contributed by atoms with Crippen LogP contribution in [0.2, 0.25) is 0 Å². The summed E-state index contributed by atoms with van der Waals surface area (Å²) in [6.45, 7) is 6.19. The van der Waals surface area contributed by atoms with Gasteiger partial charge in [0.2, 0.25) is 0 Å². The number of aromatic nitrogens is 1. The van der Waals surface area contributed by atoms with Crippen molar-refractivity contribution >= 4 is 28.1 Å². The average Bonchev–Trinajstić information content (AvgIpc) is 2.59. The second-order valence-electron chi connectivity index (χ2n) is 3.30. The number of unbranched alkanes of at least 4 members (excludes halogenated alkanes) is 1. The Kier molecular flexibility index (Phi) is 5.26. The first-order valence-corrected chi connectivity index (χ1v) is 6.42. The van der Waals surface area contributed by atoms with Crippen molar-refractivity contribution in [2.45, 2.75) is 26.7 Å². The Morgan fingerprint density at radius 2 is 2.29 bits per heavy atom. The van der Waals surface area contributed by atoms with E-state index in [0.29, 0.717) is 5.88 Å². The SMILES string of the molecule is CCCCN(CCCl)c1nc(C)cs1. The molecule has 0 aliphatic rings. The highest BCUT2D eigenvalue weighted by atomic mass is 35.5. The Morgan fingerprint density at radius 3 is 2.79 bits per heavy atom. The van der Waals surface area contributed by atoms with E-state index in [0.717, 1.165) is 23.9 Å². The molecule has 2 nitrogen and oxygen atoms in total. The molecule has 0 fully saturated rings. The maximum absolute atomic E-state index is 5.77. The molecule has 4 heteroatoms. The van der Waals surface area contributed by atoms with E-state index in [9.17, 15) is 0 Å². The van der Waals surface area contributed by atoms with Gasteiger partial charge in [-0.05, 0) is 13.3 Å². The first-order chi connectivity index (χ1) is 6.77. The molecule has 0 N–H and O–H groups in total. The Balaban J connectivity index is 2.57. The lowest BCUT2D eigenvalue weighted by atomic mass is 10.3. The molecular formula is C10H17ClN2S. The van der Waals surface area contributed by atoms with Gasteiger partial charge < -0.3 is 4.90 Å². The van der Waals surface area contributed by atoms with Crippen molar-refractivity contribution in [2.75, 3.05) is 23.9 Å². The molecule has 0 amide bonds. The van der Waals surface area contributed by atoms with Crippen LogP contribution < -0.4 is 4.90 Å². The Labute approximate surface area is 94.9 Å². The normalized spacial score (nSPS) is 10.5.